The van der Waals surface area contributed by atoms with E-state index in [1.807, 2.05) is 0 Å². The van der Waals surface area contributed by atoms with Crippen molar-refractivity contribution in [1.82, 2.24) is 14.9 Å². The molecule has 1 aromatic carbocycles. The molecule has 25 heavy (non-hydrogen) atoms. The third-order valence-corrected chi connectivity index (χ3v) is 5.76. The van der Waals surface area contributed by atoms with Crippen LogP contribution in [0.15, 0.2) is 62.0 Å². The lowest BCUT2D eigenvalue weighted by Crippen LogP contribution is -2.23. The summed E-state index contributed by atoms with van der Waals surface area (Å²) >= 11 is 0.645. The van der Waals surface area contributed by atoms with Crippen molar-refractivity contribution in [3.63, 3.8) is 0 Å². The van der Waals surface area contributed by atoms with Gasteiger partial charge >= 0.3 is 5.51 Å². The fraction of sp³-hybridized carbons (Fsp3) is 0.0769. The van der Waals surface area contributed by atoms with Crippen LogP contribution in [0.3, 0.4) is 0 Å². The van der Waals surface area contributed by atoms with Crippen LogP contribution in [0.25, 0.3) is 11.6 Å². The molecule has 3 aromatic rings. The molecule has 2 aromatic heterocycles. The summed E-state index contributed by atoms with van der Waals surface area (Å²) < 4.78 is 68.1. The fourth-order valence-corrected chi connectivity index (χ4v) is 3.97. The molecule has 0 fully saturated rings. The fourth-order valence-electron chi connectivity index (χ4n) is 1.90. The molecule has 3 rings (SSSR count). The quantitative estimate of drug-likeness (QED) is 0.683. The zero-order valence-corrected chi connectivity index (χ0v) is 13.8. The number of alkyl halides is 3. The molecular formula is C13H9F3N4O3S2. The number of rotatable bonds is 4. The summed E-state index contributed by atoms with van der Waals surface area (Å²) in [4.78, 5) is -1.06. The summed E-state index contributed by atoms with van der Waals surface area (Å²) in [6.45, 7) is 0. The number of hydrogen-bond acceptors (Lipinski definition) is 7. The molecule has 0 spiro atoms. The highest BCUT2D eigenvalue weighted by Gasteiger charge is 2.48. The molecule has 0 saturated carbocycles. The van der Waals surface area contributed by atoms with Gasteiger partial charge in [-0.15, -0.1) is 10.2 Å². The van der Waals surface area contributed by atoms with Crippen molar-refractivity contribution in [1.29, 1.82) is 0 Å². The van der Waals surface area contributed by atoms with Crippen molar-refractivity contribution >= 4 is 21.6 Å². The molecule has 2 N–H and O–H groups in total. The first-order valence-corrected chi connectivity index (χ1v) is 8.84. The normalized spacial score (nSPS) is 12.4. The van der Waals surface area contributed by atoms with Crippen LogP contribution in [0.5, 0.6) is 0 Å². The lowest BCUT2D eigenvalue weighted by molar-refractivity contribution is -0.0437. The number of furan rings is 1. The standard InChI is InChI=1S/C13H9F3N4O3S2/c14-13(15,16)25(21,22)10-6-2-1-5-9(10)24-12-19-18-11(20(12)17)8-4-3-7-23-8/h1-7H,17H2. The van der Waals surface area contributed by atoms with Crippen molar-refractivity contribution in [2.24, 2.45) is 0 Å². The van der Waals surface area contributed by atoms with E-state index in [2.05, 4.69) is 10.2 Å². The number of nitrogens with two attached hydrogens (primary N) is 1. The lowest BCUT2D eigenvalue weighted by atomic mass is 10.4. The summed E-state index contributed by atoms with van der Waals surface area (Å²) in [6.07, 6.45) is 1.39. The monoisotopic (exact) mass is 390 g/mol. The number of nitrogens with zero attached hydrogens (tertiary/aromatic N) is 3. The van der Waals surface area contributed by atoms with Gasteiger partial charge in [0, 0.05) is 4.90 Å². The van der Waals surface area contributed by atoms with Gasteiger partial charge in [-0.1, -0.05) is 12.1 Å². The van der Waals surface area contributed by atoms with Crippen molar-refractivity contribution in [2.75, 3.05) is 5.84 Å². The van der Waals surface area contributed by atoms with Gasteiger partial charge in [-0.3, -0.25) is 0 Å². The van der Waals surface area contributed by atoms with Crippen molar-refractivity contribution in [3.05, 3.63) is 42.7 Å². The maximum Gasteiger partial charge on any atom is 0.501 e. The van der Waals surface area contributed by atoms with E-state index in [-0.39, 0.29) is 15.9 Å². The number of halogens is 3. The van der Waals surface area contributed by atoms with E-state index in [1.165, 1.54) is 24.5 Å². The van der Waals surface area contributed by atoms with Gasteiger partial charge in [0.25, 0.3) is 9.84 Å². The van der Waals surface area contributed by atoms with Gasteiger partial charge < -0.3 is 10.3 Å². The molecule has 0 aliphatic heterocycles. The first-order valence-electron chi connectivity index (χ1n) is 6.54. The number of nitrogen functional groups attached to an aromatic ring is 1. The Hall–Kier alpha value is -2.47. The average molecular weight is 390 g/mol. The number of benzene rings is 1. The second-order valence-corrected chi connectivity index (χ2v) is 7.57. The van der Waals surface area contributed by atoms with Gasteiger partial charge in [0.15, 0.2) is 5.76 Å². The molecule has 0 aliphatic carbocycles. The van der Waals surface area contributed by atoms with Crippen LogP contribution < -0.4 is 5.84 Å². The van der Waals surface area contributed by atoms with E-state index < -0.39 is 20.2 Å². The molecule has 0 aliphatic rings. The Morgan fingerprint density at radius 1 is 1.12 bits per heavy atom. The average Bonchev–Trinajstić information content (AvgIpc) is 3.17. The molecule has 0 radical (unpaired) electrons. The van der Waals surface area contributed by atoms with Crippen molar-refractivity contribution in [2.45, 2.75) is 20.5 Å². The van der Waals surface area contributed by atoms with E-state index >= 15 is 0 Å². The number of sulfone groups is 1. The van der Waals surface area contributed by atoms with E-state index in [4.69, 9.17) is 10.3 Å². The maximum absolute atomic E-state index is 12.8. The van der Waals surface area contributed by atoms with Crippen molar-refractivity contribution < 1.29 is 26.0 Å². The van der Waals surface area contributed by atoms with Gasteiger partial charge in [-0.2, -0.15) is 13.2 Å². The molecule has 0 unspecified atom stereocenters. The van der Waals surface area contributed by atoms with E-state index in [1.54, 1.807) is 12.1 Å². The van der Waals surface area contributed by atoms with Gasteiger partial charge in [0.05, 0.1) is 11.2 Å². The van der Waals surface area contributed by atoms with Gasteiger partial charge in [-0.05, 0) is 36.0 Å². The van der Waals surface area contributed by atoms with Crippen LogP contribution in [0.4, 0.5) is 13.2 Å². The Kier molecular flexibility index (Phi) is 4.24. The topological polar surface area (TPSA) is 104 Å². The van der Waals surface area contributed by atoms with Crippen LogP contribution >= 0.6 is 11.8 Å². The zero-order valence-electron chi connectivity index (χ0n) is 12.1. The minimum Gasteiger partial charge on any atom is -0.461 e. The van der Waals surface area contributed by atoms with Gasteiger partial charge in [-0.25, -0.2) is 13.1 Å². The smallest absolute Gasteiger partial charge is 0.461 e. The lowest BCUT2D eigenvalue weighted by Gasteiger charge is -2.11. The first-order chi connectivity index (χ1) is 11.7. The molecule has 0 saturated heterocycles. The van der Waals surface area contributed by atoms with E-state index in [0.717, 1.165) is 10.7 Å². The summed E-state index contributed by atoms with van der Waals surface area (Å²) in [5.41, 5.74) is -5.42. The number of hydrogen-bond donors (Lipinski definition) is 1. The molecule has 2 heterocycles. The second-order valence-electron chi connectivity index (χ2n) is 4.65. The Morgan fingerprint density at radius 3 is 2.48 bits per heavy atom. The SMILES string of the molecule is Nn1c(Sc2ccccc2S(=O)(=O)C(F)(F)F)nnc1-c1ccco1. The molecule has 0 amide bonds. The zero-order chi connectivity index (χ0) is 18.2. The molecule has 0 atom stereocenters. The highest BCUT2D eigenvalue weighted by Crippen LogP contribution is 2.38. The summed E-state index contributed by atoms with van der Waals surface area (Å²) in [5, 5.41) is 7.56. The van der Waals surface area contributed by atoms with Crippen LogP contribution in [0, 0.1) is 0 Å². The molecule has 12 heteroatoms. The summed E-state index contributed by atoms with van der Waals surface area (Å²) in [6, 6.07) is 7.87. The maximum atomic E-state index is 12.8. The second kappa shape index (κ2) is 6.11. The Balaban J connectivity index is 2.01. The van der Waals surface area contributed by atoms with Crippen molar-refractivity contribution in [3.8, 4) is 11.6 Å². The predicted octanol–water partition coefficient (Wildman–Crippen LogP) is 2.70. The van der Waals surface area contributed by atoms with E-state index in [0.29, 0.717) is 17.5 Å². The van der Waals surface area contributed by atoms with Gasteiger partial charge in [0.1, 0.15) is 0 Å². The van der Waals surface area contributed by atoms with E-state index in [9.17, 15) is 21.6 Å². The molecular weight excluding hydrogens is 381 g/mol. The van der Waals surface area contributed by atoms with Crippen LogP contribution in [0.2, 0.25) is 0 Å². The Morgan fingerprint density at radius 2 is 1.84 bits per heavy atom. The highest BCUT2D eigenvalue weighted by atomic mass is 32.2. The highest BCUT2D eigenvalue weighted by molar-refractivity contribution is 8.00. The van der Waals surface area contributed by atoms with Gasteiger partial charge in [0.2, 0.25) is 11.0 Å². The molecule has 0 bridgehead atoms. The van der Waals surface area contributed by atoms with Crippen LogP contribution in [0.1, 0.15) is 0 Å². The Bertz CT molecular complexity index is 998. The third kappa shape index (κ3) is 3.09. The number of aromatic nitrogens is 3. The minimum atomic E-state index is -5.51. The minimum absolute atomic E-state index is 0.00350. The summed E-state index contributed by atoms with van der Waals surface area (Å²) in [7, 11) is -5.51. The summed E-state index contributed by atoms with van der Waals surface area (Å²) in [5.74, 6) is 6.27. The third-order valence-electron chi connectivity index (χ3n) is 3.05. The predicted molar refractivity (Wildman–Crippen MR) is 81.7 cm³/mol. The molecule has 7 nitrogen and oxygen atoms in total. The Labute approximate surface area is 143 Å². The van der Waals surface area contributed by atoms with Crippen LogP contribution in [-0.2, 0) is 9.84 Å². The first kappa shape index (κ1) is 17.4. The van der Waals surface area contributed by atoms with Crippen LogP contribution in [-0.4, -0.2) is 28.8 Å². The largest absolute Gasteiger partial charge is 0.501 e. The molecule has 132 valence electrons.